The number of amides is 4. The van der Waals surface area contributed by atoms with Crippen LogP contribution in [0.4, 0.5) is 0 Å². The van der Waals surface area contributed by atoms with E-state index in [-0.39, 0.29) is 19.3 Å². The number of Topliss-reactive ketones (excluding diaryl/α,β-unsaturated/α-hetero) is 1. The maximum atomic E-state index is 12.0. The predicted octanol–water partition coefficient (Wildman–Crippen LogP) is 3.69. The molecule has 0 bridgehead atoms. The molecule has 1 aliphatic rings. The van der Waals surface area contributed by atoms with E-state index in [1.807, 2.05) is 32.0 Å². The molecular formula is C29H41N5O5. The van der Waals surface area contributed by atoms with Crippen LogP contribution in [0.3, 0.4) is 0 Å². The Balaban J connectivity index is 0. The van der Waals surface area contributed by atoms with Crippen LogP contribution >= 0.6 is 0 Å². The van der Waals surface area contributed by atoms with Gasteiger partial charge in [0, 0.05) is 20.5 Å². The number of aliphatic imine (C=N–C) groups is 2. The summed E-state index contributed by atoms with van der Waals surface area (Å²) in [4.78, 5) is 63.7. The number of likely N-dealkylation sites (N-methyl/N-ethyl adjacent to an activating group) is 1. The van der Waals surface area contributed by atoms with Crippen molar-refractivity contribution in [3.05, 3.63) is 59.7 Å². The molecule has 10 nitrogen and oxygen atoms in total. The van der Waals surface area contributed by atoms with E-state index in [2.05, 4.69) is 59.5 Å². The number of ketones is 1. The second-order valence-corrected chi connectivity index (χ2v) is 7.79. The maximum absolute atomic E-state index is 12.0. The van der Waals surface area contributed by atoms with Crippen molar-refractivity contribution in [3.63, 3.8) is 0 Å². The molecule has 39 heavy (non-hydrogen) atoms. The standard InChI is InChI=1S/C13H17N5O5.C7H10.C7H8.C2H6/c1-15-11(21)6-17-13(23)10(4-3-9(20)5-14)18(2)12(22)7-16-8-19;2*1-7-5-3-2-4-6-7;1-2/h5-8,10,14H,3-4H2,1-2H3,(H,15,21);3,5-6H,2,4H2,1H3;2-6H,1H3;1-2H3. The molecule has 4 amide bonds. The van der Waals surface area contributed by atoms with Crippen LogP contribution in [0.2, 0.25) is 0 Å². The number of carbonyl (C=O) groups excluding carboxylic acids is 5. The molecule has 0 spiro atoms. The van der Waals surface area contributed by atoms with Crippen LogP contribution in [0.25, 0.3) is 0 Å². The van der Waals surface area contributed by atoms with E-state index in [0.717, 1.165) is 11.1 Å². The fraction of sp³-hybridized carbons (Fsp3) is 0.379. The van der Waals surface area contributed by atoms with E-state index in [0.29, 0.717) is 12.4 Å². The van der Waals surface area contributed by atoms with Gasteiger partial charge in [0.2, 0.25) is 6.41 Å². The van der Waals surface area contributed by atoms with E-state index in [4.69, 9.17) is 5.41 Å². The lowest BCUT2D eigenvalue weighted by Gasteiger charge is -2.23. The SMILES string of the molecule is CC.CC1=CCCC=C1.CNC(=O)C=NC(=O)C(CCC(=O)C=N)N(C)C(=O)C=NC=O.Cc1ccccc1. The Morgan fingerprint density at radius 1 is 1.08 bits per heavy atom. The van der Waals surface area contributed by atoms with Gasteiger partial charge < -0.3 is 15.6 Å². The quantitative estimate of drug-likeness (QED) is 0.363. The third-order valence-electron chi connectivity index (χ3n) is 4.85. The van der Waals surface area contributed by atoms with Crippen LogP contribution in [-0.4, -0.2) is 73.6 Å². The zero-order valence-corrected chi connectivity index (χ0v) is 23.7. The van der Waals surface area contributed by atoms with Crippen LogP contribution in [0.1, 0.15) is 52.0 Å². The lowest BCUT2D eigenvalue weighted by molar-refractivity contribution is -0.133. The van der Waals surface area contributed by atoms with Gasteiger partial charge in [0.1, 0.15) is 6.04 Å². The molecule has 2 rings (SSSR count). The molecule has 1 aromatic rings. The van der Waals surface area contributed by atoms with Gasteiger partial charge in [0.05, 0.1) is 18.6 Å². The van der Waals surface area contributed by atoms with Gasteiger partial charge in [-0.15, -0.1) is 0 Å². The first-order valence-corrected chi connectivity index (χ1v) is 12.6. The van der Waals surface area contributed by atoms with E-state index in [1.54, 1.807) is 0 Å². The molecule has 0 heterocycles. The largest absolute Gasteiger partial charge is 0.354 e. The zero-order chi connectivity index (χ0) is 30.1. The highest BCUT2D eigenvalue weighted by atomic mass is 16.2. The number of nitrogens with zero attached hydrogens (tertiary/aromatic N) is 3. The zero-order valence-electron chi connectivity index (χ0n) is 23.7. The smallest absolute Gasteiger partial charge is 0.268 e. The molecule has 0 aliphatic heterocycles. The third kappa shape index (κ3) is 19.4. The van der Waals surface area contributed by atoms with Gasteiger partial charge in [-0.3, -0.25) is 24.0 Å². The Labute approximate surface area is 231 Å². The minimum Gasteiger partial charge on any atom is -0.354 e. The maximum Gasteiger partial charge on any atom is 0.268 e. The summed E-state index contributed by atoms with van der Waals surface area (Å²) in [6.07, 6.45) is 11.1. The highest BCUT2D eigenvalue weighted by Crippen LogP contribution is 2.08. The molecule has 0 radical (unpaired) electrons. The molecule has 1 aliphatic carbocycles. The number of benzene rings is 1. The first kappa shape index (κ1) is 36.8. The number of carbonyl (C=O) groups is 5. The van der Waals surface area contributed by atoms with Crippen molar-refractivity contribution >= 4 is 48.6 Å². The summed E-state index contributed by atoms with van der Waals surface area (Å²) in [5.41, 5.74) is 2.73. The average Bonchev–Trinajstić information content (AvgIpc) is 2.96. The van der Waals surface area contributed by atoms with Crippen LogP contribution in [-0.2, 0) is 24.0 Å². The Bertz CT molecular complexity index is 1030. The number of rotatable bonds is 9. The van der Waals surface area contributed by atoms with Crippen LogP contribution < -0.4 is 5.32 Å². The molecule has 1 unspecified atom stereocenters. The van der Waals surface area contributed by atoms with Crippen molar-refractivity contribution in [2.75, 3.05) is 14.1 Å². The van der Waals surface area contributed by atoms with Gasteiger partial charge in [0.15, 0.2) is 5.78 Å². The van der Waals surface area contributed by atoms with Gasteiger partial charge in [-0.05, 0) is 33.1 Å². The average molecular weight is 540 g/mol. The second-order valence-electron chi connectivity index (χ2n) is 7.79. The van der Waals surface area contributed by atoms with E-state index >= 15 is 0 Å². The summed E-state index contributed by atoms with van der Waals surface area (Å²) < 4.78 is 0. The minimum atomic E-state index is -1.13. The van der Waals surface area contributed by atoms with Crippen molar-refractivity contribution in [2.24, 2.45) is 9.98 Å². The fourth-order valence-electron chi connectivity index (χ4n) is 2.72. The highest BCUT2D eigenvalue weighted by molar-refractivity contribution is 6.29. The van der Waals surface area contributed by atoms with Crippen molar-refractivity contribution in [1.29, 1.82) is 5.41 Å². The molecular weight excluding hydrogens is 498 g/mol. The summed E-state index contributed by atoms with van der Waals surface area (Å²) in [5.74, 6) is -2.70. The second kappa shape index (κ2) is 24.0. The molecule has 212 valence electrons. The Morgan fingerprint density at radius 2 is 1.72 bits per heavy atom. The van der Waals surface area contributed by atoms with Gasteiger partial charge in [-0.1, -0.05) is 73.5 Å². The van der Waals surface area contributed by atoms with Crippen molar-refractivity contribution in [1.82, 2.24) is 10.2 Å². The molecule has 2 N–H and O–H groups in total. The van der Waals surface area contributed by atoms with Crippen LogP contribution in [0.5, 0.6) is 0 Å². The molecule has 0 fully saturated rings. The number of hydrogen-bond acceptors (Lipinski definition) is 6. The molecule has 1 atom stereocenters. The lowest BCUT2D eigenvalue weighted by atomic mass is 10.1. The van der Waals surface area contributed by atoms with Crippen molar-refractivity contribution in [2.45, 2.75) is 59.4 Å². The first-order chi connectivity index (χ1) is 18.7. The lowest BCUT2D eigenvalue weighted by Crippen LogP contribution is -2.43. The highest BCUT2D eigenvalue weighted by Gasteiger charge is 2.26. The Kier molecular flexibility index (Phi) is 22.7. The summed E-state index contributed by atoms with van der Waals surface area (Å²) in [5, 5.41) is 9.06. The third-order valence-corrected chi connectivity index (χ3v) is 4.85. The molecule has 10 heteroatoms. The normalized spacial score (nSPS) is 12.2. The predicted molar refractivity (Wildman–Crippen MR) is 156 cm³/mol. The van der Waals surface area contributed by atoms with Gasteiger partial charge in [0.25, 0.3) is 17.7 Å². The Hall–Kier alpha value is -4.34. The fourth-order valence-corrected chi connectivity index (χ4v) is 2.72. The van der Waals surface area contributed by atoms with Crippen molar-refractivity contribution < 1.29 is 24.0 Å². The van der Waals surface area contributed by atoms with Crippen molar-refractivity contribution in [3.8, 4) is 0 Å². The van der Waals surface area contributed by atoms with E-state index in [1.165, 1.54) is 38.1 Å². The molecule has 0 saturated heterocycles. The number of nitrogens with one attached hydrogen (secondary N) is 2. The number of aryl methyl sites for hydroxylation is 1. The summed E-state index contributed by atoms with van der Waals surface area (Å²) in [6, 6.07) is 9.13. The van der Waals surface area contributed by atoms with Gasteiger partial charge in [-0.25, -0.2) is 9.98 Å². The topological polar surface area (TPSA) is 149 Å². The summed E-state index contributed by atoms with van der Waals surface area (Å²) in [7, 11) is 2.62. The van der Waals surface area contributed by atoms with Gasteiger partial charge in [-0.2, -0.15) is 0 Å². The molecule has 1 aromatic carbocycles. The van der Waals surface area contributed by atoms with Crippen LogP contribution in [0.15, 0.2) is 64.1 Å². The van der Waals surface area contributed by atoms with E-state index in [9.17, 15) is 24.0 Å². The summed E-state index contributed by atoms with van der Waals surface area (Å²) in [6.45, 7) is 8.22. The monoisotopic (exact) mass is 539 g/mol. The first-order valence-electron chi connectivity index (χ1n) is 12.6. The molecule has 0 aromatic heterocycles. The minimum absolute atomic E-state index is 0.0880. The molecule has 0 saturated carbocycles. The number of allylic oxidation sites excluding steroid dienone is 4. The van der Waals surface area contributed by atoms with Gasteiger partial charge >= 0.3 is 0 Å². The Morgan fingerprint density at radius 3 is 2.13 bits per heavy atom. The number of hydrogen-bond donors (Lipinski definition) is 2. The van der Waals surface area contributed by atoms with Crippen LogP contribution in [0, 0.1) is 12.3 Å². The van der Waals surface area contributed by atoms with E-state index < -0.39 is 29.5 Å². The summed E-state index contributed by atoms with van der Waals surface area (Å²) >= 11 is 0.